The first-order valence-corrected chi connectivity index (χ1v) is 9.41. The van der Waals surface area contributed by atoms with E-state index in [0.29, 0.717) is 30.9 Å². The van der Waals surface area contributed by atoms with Gasteiger partial charge in [0.15, 0.2) is 11.5 Å². The molecule has 0 aliphatic carbocycles. The molecule has 0 bridgehead atoms. The second-order valence-corrected chi connectivity index (χ2v) is 6.97. The Labute approximate surface area is 168 Å². The Balaban J connectivity index is 1.79. The van der Waals surface area contributed by atoms with E-state index in [1.54, 1.807) is 38.7 Å². The number of halogens is 1. The molecule has 0 amide bonds. The maximum atomic E-state index is 13.5. The molecular formula is C22H22FN3O3. The first kappa shape index (κ1) is 19.0. The molecule has 2 aromatic carbocycles. The molecule has 0 fully saturated rings. The number of aryl methyl sites for hydroxylation is 1. The summed E-state index contributed by atoms with van der Waals surface area (Å²) in [6.45, 7) is 0.463. The maximum Gasteiger partial charge on any atom is 0.236 e. The summed E-state index contributed by atoms with van der Waals surface area (Å²) in [6.07, 6.45) is 6.16. The van der Waals surface area contributed by atoms with Gasteiger partial charge in [0.25, 0.3) is 0 Å². The van der Waals surface area contributed by atoms with Crippen molar-refractivity contribution in [1.29, 1.82) is 0 Å². The molecule has 1 aromatic heterocycles. The average molecular weight is 395 g/mol. The van der Waals surface area contributed by atoms with Gasteiger partial charge in [0.2, 0.25) is 5.91 Å². The number of benzene rings is 2. The number of hydrogen-bond acceptors (Lipinski definition) is 5. The Bertz CT molecular complexity index is 1000. The fourth-order valence-corrected chi connectivity index (χ4v) is 3.77. The summed E-state index contributed by atoms with van der Waals surface area (Å²) >= 11 is 0. The van der Waals surface area contributed by atoms with Crippen LogP contribution in [0.4, 0.5) is 15.8 Å². The van der Waals surface area contributed by atoms with Gasteiger partial charge in [0.05, 0.1) is 20.1 Å². The Kier molecular flexibility index (Phi) is 5.20. The summed E-state index contributed by atoms with van der Waals surface area (Å²) < 4.78 is 26.0. The molecule has 7 heteroatoms. The van der Waals surface area contributed by atoms with Crippen LogP contribution in [0.2, 0.25) is 0 Å². The van der Waals surface area contributed by atoms with Crippen molar-refractivity contribution in [2.75, 3.05) is 25.7 Å². The van der Waals surface area contributed by atoms with Crippen LogP contribution in [0.15, 0.2) is 55.1 Å². The van der Waals surface area contributed by atoms with E-state index in [2.05, 4.69) is 4.98 Å². The van der Waals surface area contributed by atoms with Gasteiger partial charge in [0.1, 0.15) is 12.1 Å². The number of methoxy groups -OCH3 is 2. The standard InChI is InChI=1S/C22H22FN3O3/c1-28-20-11-15-3-4-16(22(27)25-10-9-24-14-25)13-26(19(15)12-21(20)29-2)18-7-5-17(23)6-8-18/h5-12,14,16H,3-4,13H2,1-2H3. The lowest BCUT2D eigenvalue weighted by molar-refractivity contribution is 0.0833. The number of imidazole rings is 1. The normalized spacial score (nSPS) is 16.1. The predicted octanol–water partition coefficient (Wildman–Crippen LogP) is 4.08. The number of anilines is 2. The highest BCUT2D eigenvalue weighted by molar-refractivity contribution is 5.83. The van der Waals surface area contributed by atoms with Gasteiger partial charge >= 0.3 is 0 Å². The van der Waals surface area contributed by atoms with Crippen LogP contribution in [-0.2, 0) is 6.42 Å². The minimum Gasteiger partial charge on any atom is -0.493 e. The smallest absolute Gasteiger partial charge is 0.236 e. The Hall–Kier alpha value is -3.35. The van der Waals surface area contributed by atoms with Crippen LogP contribution in [-0.4, -0.2) is 36.2 Å². The van der Waals surface area contributed by atoms with Crippen LogP contribution in [0.5, 0.6) is 11.5 Å². The fourth-order valence-electron chi connectivity index (χ4n) is 3.77. The summed E-state index contributed by atoms with van der Waals surface area (Å²) in [7, 11) is 3.19. The molecule has 1 aliphatic rings. The van der Waals surface area contributed by atoms with E-state index < -0.39 is 0 Å². The number of hydrogen-bond donors (Lipinski definition) is 0. The van der Waals surface area contributed by atoms with E-state index in [-0.39, 0.29) is 17.6 Å². The Morgan fingerprint density at radius 1 is 1.14 bits per heavy atom. The highest BCUT2D eigenvalue weighted by Gasteiger charge is 2.29. The number of carbonyl (C=O) groups excluding carboxylic acids is 1. The molecule has 1 atom stereocenters. The van der Waals surface area contributed by atoms with Crippen LogP contribution in [0, 0.1) is 11.7 Å². The summed E-state index contributed by atoms with van der Waals surface area (Å²) in [6, 6.07) is 10.2. The summed E-state index contributed by atoms with van der Waals surface area (Å²) in [4.78, 5) is 19.1. The SMILES string of the molecule is COc1cc2c(cc1OC)N(c1ccc(F)cc1)CC(C(=O)n1ccnc1)CC2. The third-order valence-corrected chi connectivity index (χ3v) is 5.29. The minimum absolute atomic E-state index is 0.0126. The van der Waals surface area contributed by atoms with Gasteiger partial charge in [-0.2, -0.15) is 0 Å². The number of ether oxygens (including phenoxy) is 2. The van der Waals surface area contributed by atoms with Gasteiger partial charge in [-0.25, -0.2) is 9.37 Å². The third-order valence-electron chi connectivity index (χ3n) is 5.29. The third kappa shape index (κ3) is 3.68. The lowest BCUT2D eigenvalue weighted by Crippen LogP contribution is -2.31. The molecule has 0 saturated carbocycles. The molecule has 0 N–H and O–H groups in total. The van der Waals surface area contributed by atoms with Crippen molar-refractivity contribution in [3.63, 3.8) is 0 Å². The van der Waals surface area contributed by atoms with Gasteiger partial charge < -0.3 is 14.4 Å². The molecule has 1 aliphatic heterocycles. The topological polar surface area (TPSA) is 56.6 Å². The van der Waals surface area contributed by atoms with Crippen molar-refractivity contribution in [1.82, 2.24) is 9.55 Å². The largest absolute Gasteiger partial charge is 0.493 e. The molecule has 3 aromatic rings. The lowest BCUT2D eigenvalue weighted by Gasteiger charge is -2.28. The van der Waals surface area contributed by atoms with Crippen molar-refractivity contribution < 1.29 is 18.7 Å². The fraction of sp³-hybridized carbons (Fsp3) is 0.273. The lowest BCUT2D eigenvalue weighted by atomic mass is 10.00. The first-order chi connectivity index (χ1) is 14.1. The van der Waals surface area contributed by atoms with Crippen molar-refractivity contribution in [3.05, 3.63) is 66.5 Å². The van der Waals surface area contributed by atoms with Gasteiger partial charge in [-0.15, -0.1) is 0 Å². The Morgan fingerprint density at radius 3 is 2.52 bits per heavy atom. The maximum absolute atomic E-state index is 13.5. The number of rotatable bonds is 4. The zero-order chi connectivity index (χ0) is 20.4. The van der Waals surface area contributed by atoms with Crippen LogP contribution < -0.4 is 14.4 Å². The second-order valence-electron chi connectivity index (χ2n) is 6.97. The van der Waals surface area contributed by atoms with Crippen LogP contribution in [0.25, 0.3) is 0 Å². The zero-order valence-electron chi connectivity index (χ0n) is 16.3. The zero-order valence-corrected chi connectivity index (χ0v) is 16.3. The number of nitrogens with zero attached hydrogens (tertiary/aromatic N) is 3. The number of fused-ring (bicyclic) bond motifs is 1. The molecule has 0 saturated heterocycles. The molecular weight excluding hydrogens is 373 g/mol. The van der Waals surface area contributed by atoms with Gasteiger partial charge in [0, 0.05) is 36.4 Å². The van der Waals surface area contributed by atoms with Gasteiger partial charge in [-0.3, -0.25) is 9.36 Å². The summed E-state index contributed by atoms with van der Waals surface area (Å²) in [5, 5.41) is 0. The molecule has 0 spiro atoms. The molecule has 6 nitrogen and oxygen atoms in total. The van der Waals surface area contributed by atoms with E-state index in [1.165, 1.54) is 23.0 Å². The molecule has 150 valence electrons. The van der Waals surface area contributed by atoms with E-state index in [9.17, 15) is 9.18 Å². The molecule has 1 unspecified atom stereocenters. The Morgan fingerprint density at radius 2 is 1.86 bits per heavy atom. The van der Waals surface area contributed by atoms with E-state index in [4.69, 9.17) is 9.47 Å². The van der Waals surface area contributed by atoms with Crippen molar-refractivity contribution in [2.24, 2.45) is 5.92 Å². The summed E-state index contributed by atoms with van der Waals surface area (Å²) in [5.41, 5.74) is 2.79. The molecule has 0 radical (unpaired) electrons. The van der Waals surface area contributed by atoms with Gasteiger partial charge in [-0.1, -0.05) is 0 Å². The van der Waals surface area contributed by atoms with Crippen LogP contribution in [0.1, 0.15) is 16.8 Å². The highest BCUT2D eigenvalue weighted by Crippen LogP contribution is 2.41. The molecule has 2 heterocycles. The van der Waals surface area contributed by atoms with E-state index in [1.807, 2.05) is 17.0 Å². The first-order valence-electron chi connectivity index (χ1n) is 9.41. The quantitative estimate of drug-likeness (QED) is 0.666. The number of aromatic nitrogens is 2. The summed E-state index contributed by atoms with van der Waals surface area (Å²) in [5.74, 6) is 0.685. The van der Waals surface area contributed by atoms with Crippen LogP contribution >= 0.6 is 0 Å². The molecule has 4 rings (SSSR count). The van der Waals surface area contributed by atoms with Crippen LogP contribution in [0.3, 0.4) is 0 Å². The predicted molar refractivity (Wildman–Crippen MR) is 108 cm³/mol. The average Bonchev–Trinajstić information content (AvgIpc) is 3.22. The minimum atomic E-state index is -0.304. The monoisotopic (exact) mass is 395 g/mol. The van der Waals surface area contributed by atoms with Crippen molar-refractivity contribution in [3.8, 4) is 11.5 Å². The van der Waals surface area contributed by atoms with Gasteiger partial charge in [-0.05, 0) is 48.7 Å². The molecule has 29 heavy (non-hydrogen) atoms. The van der Waals surface area contributed by atoms with Crippen molar-refractivity contribution >= 4 is 17.3 Å². The van der Waals surface area contributed by atoms with Crippen molar-refractivity contribution in [2.45, 2.75) is 12.8 Å². The number of carbonyl (C=O) groups is 1. The second kappa shape index (κ2) is 7.95. The van der Waals surface area contributed by atoms with E-state index >= 15 is 0 Å². The van der Waals surface area contributed by atoms with E-state index in [0.717, 1.165) is 16.9 Å². The highest BCUT2D eigenvalue weighted by atomic mass is 19.1.